The Morgan fingerprint density at radius 3 is 2.61 bits per heavy atom. The number of benzene rings is 1. The van der Waals surface area contributed by atoms with Crippen LogP contribution in [-0.2, 0) is 11.3 Å². The number of halogens is 3. The monoisotopic (exact) mass is 465 g/mol. The molecule has 1 aromatic carbocycles. The zero-order valence-corrected chi connectivity index (χ0v) is 18.4. The fourth-order valence-corrected chi connectivity index (χ4v) is 3.38. The number of anilines is 3. The third kappa shape index (κ3) is 5.52. The molecule has 0 aliphatic rings. The van der Waals surface area contributed by atoms with Crippen LogP contribution in [0, 0.1) is 12.7 Å². The van der Waals surface area contributed by atoms with Crippen molar-refractivity contribution in [2.45, 2.75) is 38.9 Å². The Morgan fingerprint density at radius 1 is 1.27 bits per heavy atom. The number of rotatable bonds is 10. The lowest BCUT2D eigenvalue weighted by atomic mass is 10.1. The molecule has 1 amide bonds. The van der Waals surface area contributed by atoms with E-state index in [9.17, 15) is 18.0 Å². The van der Waals surface area contributed by atoms with E-state index in [1.54, 1.807) is 32.0 Å². The van der Waals surface area contributed by atoms with Crippen molar-refractivity contribution < 1.29 is 22.7 Å². The number of aromatic nitrogens is 3. The lowest BCUT2D eigenvalue weighted by molar-refractivity contribution is 0.1000. The van der Waals surface area contributed by atoms with Crippen molar-refractivity contribution in [3.63, 3.8) is 0 Å². The molecule has 0 saturated carbocycles. The van der Waals surface area contributed by atoms with Gasteiger partial charge in [0.15, 0.2) is 11.6 Å². The first-order valence-corrected chi connectivity index (χ1v) is 10.1. The third-order valence-corrected chi connectivity index (χ3v) is 5.05. The minimum Gasteiger partial charge on any atom is -0.382 e. The number of fused-ring (bicyclic) bond motifs is 1. The first-order chi connectivity index (χ1) is 15.6. The molecule has 0 radical (unpaired) electrons. The zero-order chi connectivity index (χ0) is 24.3. The van der Waals surface area contributed by atoms with Gasteiger partial charge in [-0.05, 0) is 38.1 Å². The number of pyridine rings is 1. The van der Waals surface area contributed by atoms with Crippen molar-refractivity contribution >= 4 is 34.1 Å². The lowest BCUT2D eigenvalue weighted by Crippen LogP contribution is -2.41. The maximum atomic E-state index is 14.6. The highest BCUT2D eigenvalue weighted by molar-refractivity contribution is 5.99. The van der Waals surface area contributed by atoms with E-state index in [1.807, 2.05) is 0 Å². The number of carbonyl (C=O) groups is 1. The van der Waals surface area contributed by atoms with Gasteiger partial charge in [0, 0.05) is 24.2 Å². The topological polar surface area (TPSA) is 133 Å². The average Bonchev–Trinajstić information content (AvgIpc) is 3.03. The Kier molecular flexibility index (Phi) is 7.39. The van der Waals surface area contributed by atoms with Crippen LogP contribution in [-0.4, -0.2) is 52.9 Å². The molecule has 0 unspecified atom stereocenters. The van der Waals surface area contributed by atoms with Crippen LogP contribution < -0.4 is 22.1 Å². The summed E-state index contributed by atoms with van der Waals surface area (Å²) in [6.07, 6.45) is -2.55. The summed E-state index contributed by atoms with van der Waals surface area (Å²) < 4.78 is 46.6. The molecular formula is C21H26F3N7O2. The van der Waals surface area contributed by atoms with E-state index >= 15 is 0 Å². The maximum Gasteiger partial charge on any atom is 0.257 e. The fraction of sp³-hybridized carbons (Fsp3) is 0.381. The molecule has 0 fully saturated rings. The second-order valence-electron chi connectivity index (χ2n) is 7.66. The van der Waals surface area contributed by atoms with E-state index in [-0.39, 0.29) is 29.8 Å². The smallest absolute Gasteiger partial charge is 0.257 e. The number of aryl methyl sites for hydroxylation is 1. The summed E-state index contributed by atoms with van der Waals surface area (Å²) in [5.74, 6) is -1.78. The van der Waals surface area contributed by atoms with Crippen LogP contribution in [0.3, 0.4) is 0 Å². The molecule has 0 spiro atoms. The number of hydrogen-bond donors (Lipinski definition) is 4. The number of nitrogens with one attached hydrogen (secondary N) is 2. The SMILES string of the molecule is COC[C@@H](Nc1nc(Nc2ccc3c(c2)c(C)nn3CC(F)F)c(C(N)=O)cc1F)[C@H](C)N. The number of hydrogen-bond acceptors (Lipinski definition) is 7. The van der Waals surface area contributed by atoms with Crippen LogP contribution in [0.25, 0.3) is 10.9 Å². The quantitative estimate of drug-likeness (QED) is 0.362. The van der Waals surface area contributed by atoms with Gasteiger partial charge < -0.3 is 26.8 Å². The standard InChI is InChI=1S/C21H26F3N7O2/c1-10(25)16(9-33-3)28-21-15(22)7-14(19(26)32)20(29-21)27-12-4-5-17-13(6-12)11(2)30-31(17)8-18(23)24/h4-7,10,16,18H,8-9,25H2,1-3H3,(H2,26,32)(H2,27,28,29)/t10-,16+/m0/s1. The molecule has 3 aromatic rings. The van der Waals surface area contributed by atoms with E-state index in [1.165, 1.54) is 11.8 Å². The summed E-state index contributed by atoms with van der Waals surface area (Å²) in [6, 6.07) is 5.08. The molecule has 2 heterocycles. The summed E-state index contributed by atoms with van der Waals surface area (Å²) in [5, 5.41) is 10.6. The first kappa shape index (κ1) is 24.3. The van der Waals surface area contributed by atoms with Gasteiger partial charge in [-0.25, -0.2) is 18.2 Å². The van der Waals surface area contributed by atoms with Crippen LogP contribution >= 0.6 is 0 Å². The molecule has 9 nitrogen and oxygen atoms in total. The highest BCUT2D eigenvalue weighted by atomic mass is 19.3. The normalized spacial score (nSPS) is 13.3. The van der Waals surface area contributed by atoms with Gasteiger partial charge in [-0.3, -0.25) is 9.48 Å². The predicted octanol–water partition coefficient (Wildman–Crippen LogP) is 2.76. The van der Waals surface area contributed by atoms with Crippen LogP contribution in [0.4, 0.5) is 30.5 Å². The molecule has 0 aliphatic carbocycles. The molecule has 2 atom stereocenters. The molecule has 0 saturated heterocycles. The Hall–Kier alpha value is -3.38. The fourth-order valence-electron chi connectivity index (χ4n) is 3.38. The van der Waals surface area contributed by atoms with Crippen molar-refractivity contribution in [3.8, 4) is 0 Å². The summed E-state index contributed by atoms with van der Waals surface area (Å²) in [6.45, 7) is 3.11. The van der Waals surface area contributed by atoms with E-state index < -0.39 is 30.7 Å². The average molecular weight is 465 g/mol. The summed E-state index contributed by atoms with van der Waals surface area (Å²) in [4.78, 5) is 16.1. The Bertz CT molecular complexity index is 1150. The van der Waals surface area contributed by atoms with E-state index in [4.69, 9.17) is 16.2 Å². The number of methoxy groups -OCH3 is 1. The van der Waals surface area contributed by atoms with Gasteiger partial charge in [-0.2, -0.15) is 5.10 Å². The molecule has 12 heteroatoms. The molecule has 0 bridgehead atoms. The van der Waals surface area contributed by atoms with Gasteiger partial charge in [-0.15, -0.1) is 0 Å². The first-order valence-electron chi connectivity index (χ1n) is 10.1. The molecule has 6 N–H and O–H groups in total. The van der Waals surface area contributed by atoms with Gasteiger partial charge in [0.1, 0.15) is 12.4 Å². The van der Waals surface area contributed by atoms with Crippen LogP contribution in [0.5, 0.6) is 0 Å². The Labute approximate surface area is 188 Å². The minimum atomic E-state index is -2.55. The number of alkyl halides is 2. The number of ether oxygens (including phenoxy) is 1. The number of primary amides is 1. The summed E-state index contributed by atoms with van der Waals surface area (Å²) in [7, 11) is 1.49. The van der Waals surface area contributed by atoms with Gasteiger partial charge in [0.05, 0.1) is 29.4 Å². The molecule has 0 aliphatic heterocycles. The van der Waals surface area contributed by atoms with Gasteiger partial charge in [-0.1, -0.05) is 0 Å². The van der Waals surface area contributed by atoms with Gasteiger partial charge >= 0.3 is 0 Å². The minimum absolute atomic E-state index is 0.0178. The van der Waals surface area contributed by atoms with Gasteiger partial charge in [0.2, 0.25) is 0 Å². The second-order valence-corrected chi connectivity index (χ2v) is 7.66. The molecule has 3 rings (SSSR count). The number of nitrogens with zero attached hydrogens (tertiary/aromatic N) is 3. The highest BCUT2D eigenvalue weighted by Gasteiger charge is 2.21. The lowest BCUT2D eigenvalue weighted by Gasteiger charge is -2.23. The summed E-state index contributed by atoms with van der Waals surface area (Å²) in [5.41, 5.74) is 12.7. The molecule has 33 heavy (non-hydrogen) atoms. The number of amides is 1. The van der Waals surface area contributed by atoms with Crippen LogP contribution in [0.2, 0.25) is 0 Å². The van der Waals surface area contributed by atoms with Crippen LogP contribution in [0.15, 0.2) is 24.3 Å². The van der Waals surface area contributed by atoms with Crippen molar-refractivity contribution in [3.05, 3.63) is 41.3 Å². The Balaban J connectivity index is 1.98. The highest BCUT2D eigenvalue weighted by Crippen LogP contribution is 2.28. The molecule has 178 valence electrons. The predicted molar refractivity (Wildman–Crippen MR) is 119 cm³/mol. The number of nitrogens with two attached hydrogens (primary N) is 2. The zero-order valence-electron chi connectivity index (χ0n) is 18.4. The van der Waals surface area contributed by atoms with Gasteiger partial charge in [0.25, 0.3) is 12.3 Å². The van der Waals surface area contributed by atoms with E-state index in [2.05, 4.69) is 20.7 Å². The number of carbonyl (C=O) groups excluding carboxylic acids is 1. The van der Waals surface area contributed by atoms with Crippen molar-refractivity contribution in [1.29, 1.82) is 0 Å². The Morgan fingerprint density at radius 2 is 2.00 bits per heavy atom. The second kappa shape index (κ2) is 10.0. The summed E-state index contributed by atoms with van der Waals surface area (Å²) >= 11 is 0. The van der Waals surface area contributed by atoms with Crippen molar-refractivity contribution in [2.24, 2.45) is 11.5 Å². The third-order valence-electron chi connectivity index (χ3n) is 5.05. The van der Waals surface area contributed by atoms with E-state index in [0.717, 1.165) is 6.07 Å². The van der Waals surface area contributed by atoms with Crippen LogP contribution in [0.1, 0.15) is 23.0 Å². The molecular weight excluding hydrogens is 439 g/mol. The molecule has 2 aromatic heterocycles. The maximum absolute atomic E-state index is 14.6. The van der Waals surface area contributed by atoms with Crippen molar-refractivity contribution in [2.75, 3.05) is 24.4 Å². The largest absolute Gasteiger partial charge is 0.382 e. The van der Waals surface area contributed by atoms with E-state index in [0.29, 0.717) is 22.3 Å². The van der Waals surface area contributed by atoms with Crippen molar-refractivity contribution in [1.82, 2.24) is 14.8 Å².